The number of rotatable bonds is 17. The Hall–Kier alpha value is -4.48. The van der Waals surface area contributed by atoms with Crippen molar-refractivity contribution >= 4 is 23.6 Å². The number of aromatic nitrogens is 1. The SMILES string of the molecule is CC(C)C[C@@H](NC(=O)[C@@H](Cc1ccccc1)NC(=O)[C@H](N)Cc1ccccc1)C(=O)N[C@H](CCCCN)C(=O)N1CCc2[nH]ccc2C1. The Kier molecular flexibility index (Phi) is 13.8. The van der Waals surface area contributed by atoms with Gasteiger partial charge < -0.3 is 37.3 Å². The summed E-state index contributed by atoms with van der Waals surface area (Å²) in [7, 11) is 0. The highest BCUT2D eigenvalue weighted by Gasteiger charge is 2.33. The lowest BCUT2D eigenvalue weighted by atomic mass is 9.99. The topological polar surface area (TPSA) is 175 Å². The highest BCUT2D eigenvalue weighted by Crippen LogP contribution is 2.19. The Balaban J connectivity index is 1.48. The van der Waals surface area contributed by atoms with Crippen molar-refractivity contribution in [1.29, 1.82) is 0 Å². The van der Waals surface area contributed by atoms with Gasteiger partial charge in [0, 0.05) is 37.8 Å². The lowest BCUT2D eigenvalue weighted by Gasteiger charge is -2.32. The maximum absolute atomic E-state index is 13.9. The van der Waals surface area contributed by atoms with Crippen LogP contribution in [0.5, 0.6) is 0 Å². The van der Waals surface area contributed by atoms with E-state index in [-0.39, 0.29) is 18.2 Å². The average Bonchev–Trinajstić information content (AvgIpc) is 3.56. The number of aromatic amines is 1. The third-order valence-electron chi connectivity index (χ3n) is 8.69. The average molecular weight is 658 g/mol. The number of carbonyl (C=O) groups is 4. The van der Waals surface area contributed by atoms with Crippen LogP contribution in [0.2, 0.25) is 0 Å². The normalized spacial score (nSPS) is 15.1. The number of H-pyrrole nitrogens is 1. The molecule has 0 saturated heterocycles. The molecule has 2 heterocycles. The van der Waals surface area contributed by atoms with E-state index in [0.717, 1.165) is 28.8 Å². The van der Waals surface area contributed by atoms with E-state index in [4.69, 9.17) is 11.5 Å². The molecule has 4 atom stereocenters. The summed E-state index contributed by atoms with van der Waals surface area (Å²) in [6.07, 6.45) is 5.29. The molecule has 11 heteroatoms. The van der Waals surface area contributed by atoms with Crippen molar-refractivity contribution in [3.63, 3.8) is 0 Å². The summed E-state index contributed by atoms with van der Waals surface area (Å²) in [6, 6.07) is 17.3. The van der Waals surface area contributed by atoms with Gasteiger partial charge in [-0.15, -0.1) is 0 Å². The summed E-state index contributed by atoms with van der Waals surface area (Å²) >= 11 is 0. The summed E-state index contributed by atoms with van der Waals surface area (Å²) in [6.45, 7) is 5.44. The molecule has 48 heavy (non-hydrogen) atoms. The fourth-order valence-electron chi connectivity index (χ4n) is 6.05. The summed E-state index contributed by atoms with van der Waals surface area (Å²) < 4.78 is 0. The lowest BCUT2D eigenvalue weighted by Crippen LogP contribution is -2.58. The molecular weight excluding hydrogens is 606 g/mol. The maximum Gasteiger partial charge on any atom is 0.245 e. The highest BCUT2D eigenvalue weighted by molar-refractivity contribution is 5.95. The van der Waals surface area contributed by atoms with Crippen molar-refractivity contribution in [2.45, 2.75) is 89.5 Å². The Morgan fingerprint density at radius 1 is 0.792 bits per heavy atom. The van der Waals surface area contributed by atoms with E-state index in [1.165, 1.54) is 0 Å². The van der Waals surface area contributed by atoms with Crippen LogP contribution in [0, 0.1) is 5.92 Å². The molecule has 1 aliphatic rings. The predicted molar refractivity (Wildman–Crippen MR) is 186 cm³/mol. The molecule has 0 radical (unpaired) electrons. The Morgan fingerprint density at radius 3 is 2.04 bits per heavy atom. The molecule has 0 spiro atoms. The highest BCUT2D eigenvalue weighted by atomic mass is 16.2. The van der Waals surface area contributed by atoms with E-state index in [2.05, 4.69) is 20.9 Å². The van der Waals surface area contributed by atoms with Crippen LogP contribution in [-0.4, -0.2) is 70.8 Å². The number of fused-ring (bicyclic) bond motifs is 1. The van der Waals surface area contributed by atoms with Crippen LogP contribution < -0.4 is 27.4 Å². The molecular formula is C37H51N7O4. The molecule has 3 aromatic rings. The zero-order valence-electron chi connectivity index (χ0n) is 28.1. The van der Waals surface area contributed by atoms with Gasteiger partial charge >= 0.3 is 0 Å². The third-order valence-corrected chi connectivity index (χ3v) is 8.69. The van der Waals surface area contributed by atoms with Crippen LogP contribution >= 0.6 is 0 Å². The zero-order valence-corrected chi connectivity index (χ0v) is 28.1. The van der Waals surface area contributed by atoms with Crippen LogP contribution in [0.3, 0.4) is 0 Å². The molecule has 1 aromatic heterocycles. The number of unbranched alkanes of at least 4 members (excludes halogenated alkanes) is 1. The second-order valence-corrected chi connectivity index (χ2v) is 13.1. The van der Waals surface area contributed by atoms with Gasteiger partial charge in [-0.25, -0.2) is 0 Å². The number of carbonyl (C=O) groups excluding carboxylic acids is 4. The minimum Gasteiger partial charge on any atom is -0.365 e. The van der Waals surface area contributed by atoms with Crippen LogP contribution in [-0.2, 0) is 45.0 Å². The third kappa shape index (κ3) is 10.8. The lowest BCUT2D eigenvalue weighted by molar-refractivity contribution is -0.138. The largest absolute Gasteiger partial charge is 0.365 e. The number of benzene rings is 2. The molecule has 8 N–H and O–H groups in total. The number of nitrogens with two attached hydrogens (primary N) is 2. The molecule has 0 fully saturated rings. The van der Waals surface area contributed by atoms with Crippen LogP contribution in [0.1, 0.15) is 61.9 Å². The molecule has 1 aliphatic heterocycles. The van der Waals surface area contributed by atoms with Gasteiger partial charge in [0.1, 0.15) is 18.1 Å². The quantitative estimate of drug-likeness (QED) is 0.122. The first-order chi connectivity index (χ1) is 23.1. The molecule has 4 rings (SSSR count). The van der Waals surface area contributed by atoms with Gasteiger partial charge in [0.15, 0.2) is 0 Å². The summed E-state index contributed by atoms with van der Waals surface area (Å²) in [4.78, 5) is 59.8. The monoisotopic (exact) mass is 657 g/mol. The Bertz CT molecular complexity index is 1480. The minimum atomic E-state index is -0.977. The molecule has 2 aromatic carbocycles. The van der Waals surface area contributed by atoms with Crippen molar-refractivity contribution in [2.75, 3.05) is 13.1 Å². The van der Waals surface area contributed by atoms with Gasteiger partial charge in [-0.2, -0.15) is 0 Å². The second kappa shape index (κ2) is 18.2. The van der Waals surface area contributed by atoms with Gasteiger partial charge in [0.25, 0.3) is 0 Å². The van der Waals surface area contributed by atoms with Crippen molar-refractivity contribution in [3.8, 4) is 0 Å². The minimum absolute atomic E-state index is 0.0583. The zero-order chi connectivity index (χ0) is 34.5. The maximum atomic E-state index is 13.9. The second-order valence-electron chi connectivity index (χ2n) is 13.1. The molecule has 0 unspecified atom stereocenters. The van der Waals surface area contributed by atoms with Gasteiger partial charge in [-0.1, -0.05) is 74.5 Å². The number of nitrogens with one attached hydrogen (secondary N) is 4. The fourth-order valence-corrected chi connectivity index (χ4v) is 6.05. The number of hydrogen-bond donors (Lipinski definition) is 6. The van der Waals surface area contributed by atoms with Crippen LogP contribution in [0.4, 0.5) is 0 Å². The Morgan fingerprint density at radius 2 is 1.40 bits per heavy atom. The van der Waals surface area contributed by atoms with E-state index < -0.39 is 41.9 Å². The van der Waals surface area contributed by atoms with Crippen LogP contribution in [0.15, 0.2) is 72.9 Å². The molecule has 11 nitrogen and oxygen atoms in total. The fraction of sp³-hybridized carbons (Fsp3) is 0.459. The van der Waals surface area contributed by atoms with Gasteiger partial charge in [-0.05, 0) is 67.3 Å². The molecule has 0 aliphatic carbocycles. The van der Waals surface area contributed by atoms with Crippen molar-refractivity contribution < 1.29 is 19.2 Å². The first-order valence-corrected chi connectivity index (χ1v) is 17.0. The molecule has 4 amide bonds. The molecule has 0 bridgehead atoms. The van der Waals surface area contributed by atoms with Gasteiger partial charge in [0.05, 0.1) is 6.04 Å². The standard InChI is InChI=1S/C37H51N7O4/c1-25(2)21-32(35(46)41-31(15-9-10-18-38)37(48)44-20-17-30-28(24-44)16-19-40-30)43-36(47)33(23-27-13-7-4-8-14-27)42-34(45)29(39)22-26-11-5-3-6-12-26/h3-8,11-14,16,19,25,29,31-33,40H,9-10,15,17-18,20-24,38-39H2,1-2H3,(H,41,46)(H,42,45)(H,43,47)/t29-,31-,32-,33-/m1/s1. The van der Waals surface area contributed by atoms with Crippen molar-refractivity contribution in [1.82, 2.24) is 25.8 Å². The first-order valence-electron chi connectivity index (χ1n) is 17.0. The van der Waals surface area contributed by atoms with E-state index >= 15 is 0 Å². The number of nitrogens with zero attached hydrogens (tertiary/aromatic N) is 1. The summed E-state index contributed by atoms with van der Waals surface area (Å²) in [5.74, 6) is -1.49. The predicted octanol–water partition coefficient (Wildman–Crippen LogP) is 2.34. The first kappa shape index (κ1) is 36.4. The smallest absolute Gasteiger partial charge is 0.245 e. The van der Waals surface area contributed by atoms with E-state index in [1.807, 2.05) is 86.8 Å². The van der Waals surface area contributed by atoms with E-state index in [9.17, 15) is 19.2 Å². The molecule has 0 saturated carbocycles. The summed E-state index contributed by atoms with van der Waals surface area (Å²) in [5.41, 5.74) is 16.0. The summed E-state index contributed by atoms with van der Waals surface area (Å²) in [5, 5.41) is 8.73. The Labute approximate surface area is 283 Å². The van der Waals surface area contributed by atoms with E-state index in [1.54, 1.807) is 4.90 Å². The number of hydrogen-bond acceptors (Lipinski definition) is 6. The van der Waals surface area contributed by atoms with Gasteiger partial charge in [-0.3, -0.25) is 19.2 Å². The number of amides is 4. The molecule has 258 valence electrons. The van der Waals surface area contributed by atoms with Crippen molar-refractivity contribution in [2.24, 2.45) is 17.4 Å². The van der Waals surface area contributed by atoms with E-state index in [0.29, 0.717) is 51.7 Å². The van der Waals surface area contributed by atoms with Gasteiger partial charge in [0.2, 0.25) is 23.6 Å². The van der Waals surface area contributed by atoms with Crippen molar-refractivity contribution in [3.05, 3.63) is 95.3 Å². The van der Waals surface area contributed by atoms with Crippen LogP contribution in [0.25, 0.3) is 0 Å².